The zero-order valence-corrected chi connectivity index (χ0v) is 9.76. The number of rotatable bonds is 3. The molecule has 0 radical (unpaired) electrons. The lowest BCUT2D eigenvalue weighted by atomic mass is 10.1. The van der Waals surface area contributed by atoms with Gasteiger partial charge < -0.3 is 11.1 Å². The van der Waals surface area contributed by atoms with Crippen molar-refractivity contribution in [3.8, 4) is 0 Å². The molecule has 0 atom stereocenters. The summed E-state index contributed by atoms with van der Waals surface area (Å²) in [5.41, 5.74) is 6.01. The lowest BCUT2D eigenvalue weighted by Gasteiger charge is -2.06. The molecule has 0 bridgehead atoms. The summed E-state index contributed by atoms with van der Waals surface area (Å²) in [6, 6.07) is 7.59. The average Bonchev–Trinajstić information content (AvgIpc) is 2.78. The second kappa shape index (κ2) is 4.97. The molecule has 0 spiro atoms. The van der Waals surface area contributed by atoms with E-state index in [2.05, 4.69) is 5.32 Å². The van der Waals surface area contributed by atoms with Gasteiger partial charge in [0.25, 0.3) is 5.91 Å². The summed E-state index contributed by atoms with van der Waals surface area (Å²) in [4.78, 5) is 12.8. The molecule has 88 valence electrons. The van der Waals surface area contributed by atoms with Gasteiger partial charge in [-0.15, -0.1) is 11.3 Å². The highest BCUT2D eigenvalue weighted by Crippen LogP contribution is 2.14. The molecule has 1 aromatic heterocycles. The smallest absolute Gasteiger partial charge is 0.253 e. The molecule has 0 fully saturated rings. The van der Waals surface area contributed by atoms with Gasteiger partial charge in [0.15, 0.2) is 0 Å². The van der Waals surface area contributed by atoms with Gasteiger partial charge in [-0.25, -0.2) is 4.39 Å². The first-order chi connectivity index (χ1) is 8.16. The third-order valence-electron chi connectivity index (χ3n) is 2.26. The van der Waals surface area contributed by atoms with E-state index in [4.69, 9.17) is 5.73 Å². The Bertz CT molecular complexity index is 525. The van der Waals surface area contributed by atoms with Crippen LogP contribution in [0.5, 0.6) is 0 Å². The molecule has 2 aromatic rings. The van der Waals surface area contributed by atoms with Crippen LogP contribution in [0.25, 0.3) is 0 Å². The first-order valence-electron chi connectivity index (χ1n) is 5.02. The number of nitrogens with two attached hydrogens (primary N) is 1. The lowest BCUT2D eigenvalue weighted by Crippen LogP contribution is -2.23. The van der Waals surface area contributed by atoms with Crippen LogP contribution in [0, 0.1) is 5.82 Å². The molecule has 1 aromatic carbocycles. The molecule has 3 nitrogen and oxygen atoms in total. The van der Waals surface area contributed by atoms with Crippen molar-refractivity contribution in [2.45, 2.75) is 6.54 Å². The monoisotopic (exact) mass is 250 g/mol. The second-order valence-corrected chi connectivity index (χ2v) is 4.53. The molecule has 3 N–H and O–H groups in total. The summed E-state index contributed by atoms with van der Waals surface area (Å²) in [6.45, 7) is 0.452. The maximum Gasteiger partial charge on any atom is 0.253 e. The highest BCUT2D eigenvalue weighted by atomic mass is 32.1. The van der Waals surface area contributed by atoms with Gasteiger partial charge in [-0.2, -0.15) is 0 Å². The fourth-order valence-corrected chi connectivity index (χ4v) is 2.06. The van der Waals surface area contributed by atoms with Crippen molar-refractivity contribution < 1.29 is 9.18 Å². The minimum atomic E-state index is -0.447. The second-order valence-electron chi connectivity index (χ2n) is 3.49. The van der Waals surface area contributed by atoms with Crippen LogP contribution >= 0.6 is 11.3 Å². The number of amides is 1. The maximum absolute atomic E-state index is 12.8. The van der Waals surface area contributed by atoms with Crippen molar-refractivity contribution in [3.05, 3.63) is 52.0 Å². The Labute approximate surface area is 102 Å². The highest BCUT2D eigenvalue weighted by molar-refractivity contribution is 7.09. The Balaban J connectivity index is 2.04. The van der Waals surface area contributed by atoms with Gasteiger partial charge >= 0.3 is 0 Å². The normalized spacial score (nSPS) is 10.2. The van der Waals surface area contributed by atoms with E-state index >= 15 is 0 Å². The van der Waals surface area contributed by atoms with Crippen LogP contribution in [0.1, 0.15) is 15.2 Å². The number of anilines is 1. The van der Waals surface area contributed by atoms with Crippen LogP contribution in [0.3, 0.4) is 0 Å². The van der Waals surface area contributed by atoms with Gasteiger partial charge in [0.2, 0.25) is 0 Å². The Kier molecular flexibility index (Phi) is 3.39. The van der Waals surface area contributed by atoms with Crippen LogP contribution in [0.2, 0.25) is 0 Å². The number of carbonyl (C=O) groups excluding carboxylic acids is 1. The number of hydrogen-bond donors (Lipinski definition) is 2. The molecule has 0 aliphatic heterocycles. The summed E-state index contributed by atoms with van der Waals surface area (Å²) in [7, 11) is 0. The highest BCUT2D eigenvalue weighted by Gasteiger charge is 2.09. The van der Waals surface area contributed by atoms with E-state index in [1.54, 1.807) is 11.3 Å². The number of carbonyl (C=O) groups is 1. The van der Waals surface area contributed by atoms with Gasteiger partial charge in [-0.05, 0) is 29.6 Å². The zero-order chi connectivity index (χ0) is 12.3. The predicted octanol–water partition coefficient (Wildman–Crippen LogP) is 2.40. The topological polar surface area (TPSA) is 55.1 Å². The minimum absolute atomic E-state index is 0.147. The predicted molar refractivity (Wildman–Crippen MR) is 66.3 cm³/mol. The first-order valence-corrected chi connectivity index (χ1v) is 5.90. The molecule has 0 unspecified atom stereocenters. The summed E-state index contributed by atoms with van der Waals surface area (Å²) in [5.74, 6) is -0.742. The van der Waals surface area contributed by atoms with Gasteiger partial charge in [0.05, 0.1) is 12.1 Å². The molecular formula is C12H11FN2OS. The molecule has 0 aliphatic rings. The Morgan fingerprint density at radius 2 is 2.24 bits per heavy atom. The molecule has 2 rings (SSSR count). The van der Waals surface area contributed by atoms with E-state index in [0.29, 0.717) is 12.1 Å². The molecule has 1 amide bonds. The quantitative estimate of drug-likeness (QED) is 0.822. The third-order valence-corrected chi connectivity index (χ3v) is 3.14. The van der Waals surface area contributed by atoms with E-state index in [1.807, 2.05) is 17.5 Å². The molecular weight excluding hydrogens is 239 g/mol. The van der Waals surface area contributed by atoms with Crippen LogP contribution in [-0.2, 0) is 6.54 Å². The Morgan fingerprint density at radius 3 is 2.88 bits per heavy atom. The lowest BCUT2D eigenvalue weighted by molar-refractivity contribution is 0.0952. The van der Waals surface area contributed by atoms with Crippen LogP contribution in [0.15, 0.2) is 35.7 Å². The van der Waals surface area contributed by atoms with E-state index in [0.717, 1.165) is 10.9 Å². The van der Waals surface area contributed by atoms with Crippen LogP contribution in [0.4, 0.5) is 10.1 Å². The molecule has 0 aliphatic carbocycles. The molecule has 1 heterocycles. The summed E-state index contributed by atoms with van der Waals surface area (Å²) in [6.07, 6.45) is 0. The van der Waals surface area contributed by atoms with Crippen LogP contribution in [-0.4, -0.2) is 5.91 Å². The van der Waals surface area contributed by atoms with Crippen molar-refractivity contribution >= 4 is 22.9 Å². The Morgan fingerprint density at radius 1 is 1.41 bits per heavy atom. The van der Waals surface area contributed by atoms with E-state index < -0.39 is 5.82 Å². The van der Waals surface area contributed by atoms with Crippen molar-refractivity contribution in [3.63, 3.8) is 0 Å². The van der Waals surface area contributed by atoms with Gasteiger partial charge in [-0.1, -0.05) is 6.07 Å². The standard InChI is InChI=1S/C12H11FN2OS/c13-8-3-4-10(11(14)6-8)12(16)15-7-9-2-1-5-17-9/h1-6H,7,14H2,(H,15,16). The van der Waals surface area contributed by atoms with Crippen molar-refractivity contribution in [1.82, 2.24) is 5.32 Å². The van der Waals surface area contributed by atoms with Gasteiger partial charge in [0, 0.05) is 10.6 Å². The number of thiophene rings is 1. The SMILES string of the molecule is Nc1cc(F)ccc1C(=O)NCc1cccs1. The molecule has 5 heteroatoms. The van der Waals surface area contributed by atoms with Crippen LogP contribution < -0.4 is 11.1 Å². The minimum Gasteiger partial charge on any atom is -0.398 e. The average molecular weight is 250 g/mol. The summed E-state index contributed by atoms with van der Waals surface area (Å²) >= 11 is 1.56. The zero-order valence-electron chi connectivity index (χ0n) is 8.94. The number of hydrogen-bond acceptors (Lipinski definition) is 3. The van der Waals surface area contributed by atoms with E-state index in [9.17, 15) is 9.18 Å². The maximum atomic E-state index is 12.8. The number of nitrogens with one attached hydrogen (secondary N) is 1. The number of benzene rings is 1. The first kappa shape index (κ1) is 11.6. The molecule has 17 heavy (non-hydrogen) atoms. The summed E-state index contributed by atoms with van der Waals surface area (Å²) < 4.78 is 12.8. The number of nitrogen functional groups attached to an aromatic ring is 1. The van der Waals surface area contributed by atoms with Gasteiger partial charge in [0.1, 0.15) is 5.82 Å². The van der Waals surface area contributed by atoms with E-state index in [-0.39, 0.29) is 11.6 Å². The largest absolute Gasteiger partial charge is 0.398 e. The van der Waals surface area contributed by atoms with Crippen molar-refractivity contribution in [2.24, 2.45) is 0 Å². The Hall–Kier alpha value is -1.88. The number of halogens is 1. The molecule has 0 saturated heterocycles. The van der Waals surface area contributed by atoms with Crippen molar-refractivity contribution in [2.75, 3.05) is 5.73 Å². The third kappa shape index (κ3) is 2.82. The fourth-order valence-electron chi connectivity index (χ4n) is 1.42. The molecule has 0 saturated carbocycles. The summed E-state index contributed by atoms with van der Waals surface area (Å²) in [5, 5.41) is 4.67. The van der Waals surface area contributed by atoms with E-state index in [1.165, 1.54) is 12.1 Å². The van der Waals surface area contributed by atoms with Crippen molar-refractivity contribution in [1.29, 1.82) is 0 Å². The van der Waals surface area contributed by atoms with Gasteiger partial charge in [-0.3, -0.25) is 4.79 Å². The fraction of sp³-hybridized carbons (Fsp3) is 0.0833.